The molecule has 1 N–H and O–H groups in total. The number of amides is 2. The highest BCUT2D eigenvalue weighted by molar-refractivity contribution is 6.32. The number of nitrogens with zero attached hydrogens (tertiary/aromatic N) is 5. The first kappa shape index (κ1) is 26.9. The molecule has 2 aliphatic heterocycles. The zero-order valence-corrected chi connectivity index (χ0v) is 24.2. The second kappa shape index (κ2) is 9.64. The summed E-state index contributed by atoms with van der Waals surface area (Å²) in [5, 5.41) is 3.70. The monoisotopic (exact) mass is 594 g/mol. The van der Waals surface area contributed by atoms with Crippen LogP contribution in [0, 0.1) is 0 Å². The SMILES string of the molecule is COc1cc(Cl)cc(N2C(=O)c3nc(-c4cnc(OC)nc4OC)n(C(C)C)c3[C@]23C(=O)Nc2cc(Cl)ccc23)c1. The third kappa shape index (κ3) is 3.76. The first-order valence-electron chi connectivity index (χ1n) is 12.5. The Labute approximate surface area is 245 Å². The van der Waals surface area contributed by atoms with Gasteiger partial charge in [0.2, 0.25) is 5.88 Å². The van der Waals surface area contributed by atoms with Gasteiger partial charge in [-0.3, -0.25) is 14.5 Å². The number of carbonyl (C=O) groups excluding carboxylic acids is 2. The maximum atomic E-state index is 14.4. The van der Waals surface area contributed by atoms with Gasteiger partial charge < -0.3 is 24.1 Å². The van der Waals surface area contributed by atoms with Gasteiger partial charge in [-0.25, -0.2) is 9.97 Å². The molecule has 0 bridgehead atoms. The van der Waals surface area contributed by atoms with Crippen molar-refractivity contribution in [2.24, 2.45) is 0 Å². The first-order valence-corrected chi connectivity index (χ1v) is 13.3. The number of ether oxygens (including phenoxy) is 3. The van der Waals surface area contributed by atoms with Crippen molar-refractivity contribution in [1.82, 2.24) is 19.5 Å². The van der Waals surface area contributed by atoms with E-state index in [1.54, 1.807) is 36.4 Å². The van der Waals surface area contributed by atoms with Gasteiger partial charge in [0.05, 0.1) is 38.3 Å². The van der Waals surface area contributed by atoms with Gasteiger partial charge >= 0.3 is 6.01 Å². The number of nitrogens with one attached hydrogen (secondary N) is 1. The molecule has 0 radical (unpaired) electrons. The van der Waals surface area contributed by atoms with Crippen LogP contribution in [-0.2, 0) is 10.3 Å². The first-order chi connectivity index (χ1) is 19.6. The molecule has 1 spiro atoms. The summed E-state index contributed by atoms with van der Waals surface area (Å²) in [6.07, 6.45) is 1.51. The van der Waals surface area contributed by atoms with Crippen molar-refractivity contribution in [2.45, 2.75) is 25.4 Å². The number of halogens is 2. The molecule has 2 aliphatic rings. The molecule has 0 saturated carbocycles. The van der Waals surface area contributed by atoms with E-state index in [1.807, 2.05) is 18.4 Å². The van der Waals surface area contributed by atoms with Crippen molar-refractivity contribution in [3.63, 3.8) is 0 Å². The van der Waals surface area contributed by atoms with E-state index in [2.05, 4.69) is 15.3 Å². The molecule has 6 rings (SSSR count). The van der Waals surface area contributed by atoms with Gasteiger partial charge in [-0.05, 0) is 38.1 Å². The summed E-state index contributed by atoms with van der Waals surface area (Å²) >= 11 is 12.8. The Kier molecular flexibility index (Phi) is 6.31. The number of methoxy groups -OCH3 is 3. The molecule has 0 unspecified atom stereocenters. The van der Waals surface area contributed by atoms with Crippen molar-refractivity contribution in [3.8, 4) is 29.0 Å². The van der Waals surface area contributed by atoms with Gasteiger partial charge in [-0.1, -0.05) is 29.3 Å². The van der Waals surface area contributed by atoms with E-state index in [4.69, 9.17) is 42.4 Å². The van der Waals surface area contributed by atoms with Crippen LogP contribution in [-0.4, -0.2) is 52.7 Å². The molecule has 4 heterocycles. The molecule has 2 aromatic carbocycles. The van der Waals surface area contributed by atoms with Gasteiger partial charge in [0.15, 0.2) is 11.2 Å². The molecular formula is C28H24Cl2N6O5. The lowest BCUT2D eigenvalue weighted by Crippen LogP contribution is -2.51. The number of anilines is 2. The van der Waals surface area contributed by atoms with E-state index in [9.17, 15) is 9.59 Å². The fourth-order valence-electron chi connectivity index (χ4n) is 5.58. The van der Waals surface area contributed by atoms with Gasteiger partial charge in [0.1, 0.15) is 11.6 Å². The fraction of sp³-hybridized carbons (Fsp3) is 0.250. The van der Waals surface area contributed by atoms with Crippen LogP contribution in [0.1, 0.15) is 41.6 Å². The van der Waals surface area contributed by atoms with Crippen LogP contribution in [0.3, 0.4) is 0 Å². The molecular weight excluding hydrogens is 571 g/mol. The minimum atomic E-state index is -1.65. The lowest BCUT2D eigenvalue weighted by Gasteiger charge is -2.36. The summed E-state index contributed by atoms with van der Waals surface area (Å²) < 4.78 is 18.0. The molecule has 0 fully saturated rings. The average Bonchev–Trinajstić information content (AvgIpc) is 3.56. The lowest BCUT2D eigenvalue weighted by atomic mass is 9.87. The molecule has 2 amide bonds. The number of hydrogen-bond acceptors (Lipinski definition) is 8. The van der Waals surface area contributed by atoms with Crippen molar-refractivity contribution >= 4 is 46.4 Å². The molecule has 41 heavy (non-hydrogen) atoms. The molecule has 1 atom stereocenters. The van der Waals surface area contributed by atoms with Gasteiger partial charge in [0, 0.05) is 39.6 Å². The number of benzene rings is 2. The average molecular weight is 595 g/mol. The number of rotatable bonds is 6. The number of aromatic nitrogens is 4. The second-order valence-electron chi connectivity index (χ2n) is 9.72. The highest BCUT2D eigenvalue weighted by atomic mass is 35.5. The van der Waals surface area contributed by atoms with Crippen LogP contribution in [0.25, 0.3) is 11.4 Å². The quantitative estimate of drug-likeness (QED) is 0.327. The van der Waals surface area contributed by atoms with Crippen molar-refractivity contribution in [2.75, 3.05) is 31.5 Å². The van der Waals surface area contributed by atoms with Crippen LogP contribution in [0.4, 0.5) is 11.4 Å². The van der Waals surface area contributed by atoms with E-state index in [0.29, 0.717) is 49.8 Å². The minimum Gasteiger partial charge on any atom is -0.497 e. The minimum absolute atomic E-state index is 0.0865. The third-order valence-electron chi connectivity index (χ3n) is 7.16. The van der Waals surface area contributed by atoms with Gasteiger partial charge in [0.25, 0.3) is 11.8 Å². The molecule has 0 aliphatic carbocycles. The fourth-order valence-corrected chi connectivity index (χ4v) is 5.97. The topological polar surface area (TPSA) is 121 Å². The third-order valence-corrected chi connectivity index (χ3v) is 7.61. The van der Waals surface area contributed by atoms with Crippen molar-refractivity contribution < 1.29 is 23.8 Å². The van der Waals surface area contributed by atoms with Crippen LogP contribution in [0.2, 0.25) is 10.0 Å². The highest BCUT2D eigenvalue weighted by Gasteiger charge is 2.64. The molecule has 11 nitrogen and oxygen atoms in total. The summed E-state index contributed by atoms with van der Waals surface area (Å²) in [4.78, 5) is 43.5. The Morgan fingerprint density at radius 1 is 0.951 bits per heavy atom. The van der Waals surface area contributed by atoms with Crippen LogP contribution in [0.5, 0.6) is 17.6 Å². The Morgan fingerprint density at radius 2 is 1.73 bits per heavy atom. The Balaban J connectivity index is 1.71. The second-order valence-corrected chi connectivity index (χ2v) is 10.6. The normalized spacial score (nSPS) is 17.2. The van der Waals surface area contributed by atoms with Crippen LogP contribution in [0.15, 0.2) is 42.6 Å². The molecule has 2 aromatic heterocycles. The summed E-state index contributed by atoms with van der Waals surface area (Å²) in [7, 11) is 4.41. The van der Waals surface area contributed by atoms with E-state index in [0.717, 1.165) is 0 Å². The summed E-state index contributed by atoms with van der Waals surface area (Å²) in [6.45, 7) is 3.86. The van der Waals surface area contributed by atoms with E-state index >= 15 is 0 Å². The predicted octanol–water partition coefficient (Wildman–Crippen LogP) is 5.11. The largest absolute Gasteiger partial charge is 0.497 e. The molecule has 4 aromatic rings. The Morgan fingerprint density at radius 3 is 2.41 bits per heavy atom. The van der Waals surface area contributed by atoms with E-state index < -0.39 is 17.4 Å². The van der Waals surface area contributed by atoms with Gasteiger partial charge in [-0.15, -0.1) is 0 Å². The summed E-state index contributed by atoms with van der Waals surface area (Å²) in [5.74, 6) is 0.0184. The Bertz CT molecular complexity index is 1760. The predicted molar refractivity (Wildman–Crippen MR) is 152 cm³/mol. The van der Waals surface area contributed by atoms with Crippen LogP contribution < -0.4 is 24.4 Å². The number of hydrogen-bond donors (Lipinski definition) is 1. The maximum absolute atomic E-state index is 14.4. The van der Waals surface area contributed by atoms with Crippen LogP contribution >= 0.6 is 23.2 Å². The molecule has 13 heteroatoms. The molecule has 0 saturated heterocycles. The lowest BCUT2D eigenvalue weighted by molar-refractivity contribution is -0.119. The number of imidazole rings is 1. The number of fused-ring (bicyclic) bond motifs is 4. The zero-order valence-electron chi connectivity index (χ0n) is 22.7. The summed E-state index contributed by atoms with van der Waals surface area (Å²) in [5.41, 5.74) is 0.599. The van der Waals surface area contributed by atoms with Crippen molar-refractivity contribution in [1.29, 1.82) is 0 Å². The van der Waals surface area contributed by atoms with E-state index in [1.165, 1.54) is 32.4 Å². The molecule has 210 valence electrons. The highest BCUT2D eigenvalue weighted by Crippen LogP contribution is 2.55. The van der Waals surface area contributed by atoms with Crippen molar-refractivity contribution in [3.05, 3.63) is 69.6 Å². The number of carbonyl (C=O) groups is 2. The van der Waals surface area contributed by atoms with Gasteiger partial charge in [-0.2, -0.15) is 4.98 Å². The zero-order chi connectivity index (χ0) is 29.2. The maximum Gasteiger partial charge on any atom is 0.319 e. The van der Waals surface area contributed by atoms with E-state index in [-0.39, 0.29) is 23.6 Å². The smallest absolute Gasteiger partial charge is 0.319 e. The summed E-state index contributed by atoms with van der Waals surface area (Å²) in [6, 6.07) is 9.79. The Hall–Kier alpha value is -4.35. The standard InChI is InChI=1S/C28H24Cl2N6O5/c1-13(2)35-22-21(33-23(35)18-12-31-27(41-5)34-24(18)40-4)25(37)36(16-8-15(30)9-17(11-16)39-3)28(22)19-7-6-14(29)10-20(19)32-26(28)38/h6-13H,1-5H3,(H,32,38)/t28-/m1/s1.